The van der Waals surface area contributed by atoms with Gasteiger partial charge in [-0.1, -0.05) is 29.8 Å². The first-order valence-electron chi connectivity index (χ1n) is 15.0. The van der Waals surface area contributed by atoms with Gasteiger partial charge in [-0.3, -0.25) is 0 Å². The zero-order valence-electron chi connectivity index (χ0n) is 28.3. The maximum absolute atomic E-state index is 13.0. The Hall–Kier alpha value is -5.06. The number of amides is 2. The summed E-state index contributed by atoms with van der Waals surface area (Å²) in [5, 5.41) is 5.55. The molecule has 0 saturated heterocycles. The number of methoxy groups -OCH3 is 5. The molecule has 0 aliphatic rings. The van der Waals surface area contributed by atoms with E-state index < -0.39 is 12.2 Å². The lowest BCUT2D eigenvalue weighted by atomic mass is 10.00. The van der Waals surface area contributed by atoms with Gasteiger partial charge < -0.3 is 43.8 Å². The number of nitrogens with one attached hydrogen (secondary N) is 2. The van der Waals surface area contributed by atoms with Crippen molar-refractivity contribution in [3.63, 3.8) is 0 Å². The first-order valence-corrected chi connectivity index (χ1v) is 15.0. The lowest BCUT2D eigenvalue weighted by Gasteiger charge is -2.22. The molecule has 0 aliphatic heterocycles. The molecule has 252 valence electrons. The van der Waals surface area contributed by atoms with Crippen LogP contribution in [0.25, 0.3) is 0 Å². The van der Waals surface area contributed by atoms with E-state index in [1.54, 1.807) is 47.3 Å². The Labute approximate surface area is 277 Å². The van der Waals surface area contributed by atoms with Crippen molar-refractivity contribution in [2.24, 2.45) is 0 Å². The van der Waals surface area contributed by atoms with Gasteiger partial charge in [0.2, 0.25) is 11.5 Å². The Morgan fingerprint density at radius 1 is 0.681 bits per heavy atom. The SMILES string of the molecule is [CH]/C(C)=C/Cc1c(C)c(OC(=O)NCCc2ccc(OC)c(OC)c2)c(OC)c(OC)c1OC(=O)NCCc1ccc(OC)c(C)c1. The van der Waals surface area contributed by atoms with Crippen molar-refractivity contribution in [2.45, 2.75) is 40.0 Å². The largest absolute Gasteiger partial charge is 0.496 e. The highest BCUT2D eigenvalue weighted by molar-refractivity contribution is 5.78. The van der Waals surface area contributed by atoms with Crippen molar-refractivity contribution in [3.8, 4) is 40.2 Å². The first-order chi connectivity index (χ1) is 22.6. The van der Waals surface area contributed by atoms with Crippen molar-refractivity contribution < 1.29 is 42.7 Å². The van der Waals surface area contributed by atoms with E-state index >= 15 is 0 Å². The topological polar surface area (TPSA) is 123 Å². The second-order valence-electron chi connectivity index (χ2n) is 10.6. The van der Waals surface area contributed by atoms with Gasteiger partial charge in [0.05, 0.1) is 35.5 Å². The molecule has 3 rings (SSSR count). The number of allylic oxidation sites excluding steroid dienone is 2. The van der Waals surface area contributed by atoms with E-state index in [1.165, 1.54) is 14.2 Å². The zero-order chi connectivity index (χ0) is 34.5. The number of hydrogen-bond donors (Lipinski definition) is 2. The summed E-state index contributed by atoms with van der Waals surface area (Å²) in [5.74, 6) is 2.43. The van der Waals surface area contributed by atoms with Crippen LogP contribution in [0.1, 0.15) is 34.7 Å². The maximum Gasteiger partial charge on any atom is 0.412 e. The summed E-state index contributed by atoms with van der Waals surface area (Å²) in [5.41, 5.74) is 4.56. The van der Waals surface area contributed by atoms with Crippen molar-refractivity contribution in [3.05, 3.63) is 82.8 Å². The number of carbonyl (C=O) groups is 2. The number of rotatable bonds is 15. The molecule has 0 unspecified atom stereocenters. The molecule has 2 amide bonds. The van der Waals surface area contributed by atoms with Crippen LogP contribution in [0.5, 0.6) is 40.2 Å². The Morgan fingerprint density at radius 2 is 1.19 bits per heavy atom. The van der Waals surface area contributed by atoms with Gasteiger partial charge in [-0.25, -0.2) is 9.59 Å². The second-order valence-corrected chi connectivity index (χ2v) is 10.6. The molecule has 0 aliphatic carbocycles. The van der Waals surface area contributed by atoms with Crippen molar-refractivity contribution in [1.82, 2.24) is 10.6 Å². The predicted octanol–water partition coefficient (Wildman–Crippen LogP) is 6.21. The van der Waals surface area contributed by atoms with Crippen molar-refractivity contribution in [1.29, 1.82) is 0 Å². The Kier molecular flexibility index (Phi) is 13.6. The van der Waals surface area contributed by atoms with Crippen molar-refractivity contribution in [2.75, 3.05) is 48.6 Å². The Balaban J connectivity index is 1.79. The highest BCUT2D eigenvalue weighted by Gasteiger charge is 2.28. The lowest BCUT2D eigenvalue weighted by Crippen LogP contribution is -2.30. The van der Waals surface area contributed by atoms with Crippen LogP contribution in [0.3, 0.4) is 0 Å². The molecule has 47 heavy (non-hydrogen) atoms. The van der Waals surface area contributed by atoms with Gasteiger partial charge in [0.15, 0.2) is 23.0 Å². The standard InChI is InChI=1S/C36H44N2O9/c1-22(2)10-13-27-24(4)31(46-35(39)37-19-17-26-12-15-29(42-6)30(21-26)43-7)33(44-8)34(45-9)32(27)47-36(40)38-18-16-25-11-14-28(41-5)23(3)20-25/h1,10-12,14-15,20-21H,13,16-19H2,2-9H3,(H,37,39)(H,38,40)/b22-10-. The van der Waals surface area contributed by atoms with E-state index in [-0.39, 0.29) is 36.0 Å². The summed E-state index contributed by atoms with van der Waals surface area (Å²) in [7, 11) is 7.57. The summed E-state index contributed by atoms with van der Waals surface area (Å²) in [6.45, 7) is 12.0. The van der Waals surface area contributed by atoms with Crippen LogP contribution in [0.2, 0.25) is 0 Å². The highest BCUT2D eigenvalue weighted by Crippen LogP contribution is 2.50. The van der Waals surface area contributed by atoms with Crippen LogP contribution in [-0.4, -0.2) is 60.8 Å². The van der Waals surface area contributed by atoms with Crippen LogP contribution in [0, 0.1) is 20.8 Å². The van der Waals surface area contributed by atoms with E-state index in [9.17, 15) is 9.59 Å². The molecular weight excluding hydrogens is 604 g/mol. The molecule has 0 spiro atoms. The summed E-state index contributed by atoms with van der Waals surface area (Å²) in [6.07, 6.45) is 1.73. The van der Waals surface area contributed by atoms with Gasteiger partial charge in [-0.05, 0) is 81.8 Å². The molecule has 2 radical (unpaired) electrons. The van der Waals surface area contributed by atoms with Gasteiger partial charge in [0, 0.05) is 24.2 Å². The smallest absolute Gasteiger partial charge is 0.412 e. The average Bonchev–Trinajstić information content (AvgIpc) is 3.05. The highest BCUT2D eigenvalue weighted by atomic mass is 16.6. The number of aryl methyl sites for hydroxylation is 1. The molecule has 2 N–H and O–H groups in total. The third-order valence-corrected chi connectivity index (χ3v) is 7.39. The van der Waals surface area contributed by atoms with Gasteiger partial charge >= 0.3 is 12.2 Å². The summed E-state index contributed by atoms with van der Waals surface area (Å²) in [4.78, 5) is 26.0. The van der Waals surface area contributed by atoms with Crippen LogP contribution in [0.15, 0.2) is 48.0 Å². The second kappa shape index (κ2) is 17.6. The molecule has 0 heterocycles. The van der Waals surface area contributed by atoms with Gasteiger partial charge in [0.1, 0.15) is 5.75 Å². The fourth-order valence-corrected chi connectivity index (χ4v) is 4.94. The molecule has 11 nitrogen and oxygen atoms in total. The van der Waals surface area contributed by atoms with Gasteiger partial charge in [-0.15, -0.1) is 0 Å². The molecule has 0 saturated carbocycles. The van der Waals surface area contributed by atoms with E-state index in [2.05, 4.69) is 10.6 Å². The van der Waals surface area contributed by atoms with E-state index in [4.69, 9.17) is 40.1 Å². The zero-order valence-corrected chi connectivity index (χ0v) is 28.3. The van der Waals surface area contributed by atoms with E-state index in [1.807, 2.05) is 37.3 Å². The Morgan fingerprint density at radius 3 is 1.70 bits per heavy atom. The lowest BCUT2D eigenvalue weighted by molar-refractivity contribution is 0.193. The monoisotopic (exact) mass is 648 g/mol. The number of carbonyl (C=O) groups excluding carboxylic acids is 2. The van der Waals surface area contributed by atoms with Gasteiger partial charge in [0.25, 0.3) is 0 Å². The van der Waals surface area contributed by atoms with Crippen LogP contribution in [-0.2, 0) is 19.3 Å². The normalized spacial score (nSPS) is 11.0. The van der Waals surface area contributed by atoms with Crippen LogP contribution >= 0.6 is 0 Å². The van der Waals surface area contributed by atoms with Crippen molar-refractivity contribution >= 4 is 12.2 Å². The molecule has 11 heteroatoms. The molecule has 0 bridgehead atoms. The summed E-state index contributed by atoms with van der Waals surface area (Å²) >= 11 is 0. The third-order valence-electron chi connectivity index (χ3n) is 7.39. The number of benzene rings is 3. The minimum Gasteiger partial charge on any atom is -0.496 e. The summed E-state index contributed by atoms with van der Waals surface area (Å²) < 4.78 is 38.8. The maximum atomic E-state index is 13.0. The number of ether oxygens (including phenoxy) is 7. The minimum absolute atomic E-state index is 0.0882. The van der Waals surface area contributed by atoms with Crippen LogP contribution in [0.4, 0.5) is 9.59 Å². The third kappa shape index (κ3) is 9.71. The molecule has 0 aromatic heterocycles. The van der Waals surface area contributed by atoms with Gasteiger partial charge in [-0.2, -0.15) is 0 Å². The molecular formula is C36H44N2O9. The average molecular weight is 649 g/mol. The number of hydrogen-bond acceptors (Lipinski definition) is 9. The quantitative estimate of drug-likeness (QED) is 0.198. The minimum atomic E-state index is -0.703. The first kappa shape index (κ1) is 36.4. The molecule has 0 atom stereocenters. The predicted molar refractivity (Wildman–Crippen MR) is 179 cm³/mol. The fourth-order valence-electron chi connectivity index (χ4n) is 4.94. The molecule has 3 aromatic rings. The fraction of sp³-hybridized carbons (Fsp3) is 0.361. The molecule has 0 fully saturated rings. The van der Waals surface area contributed by atoms with E-state index in [0.29, 0.717) is 47.6 Å². The molecule has 3 aromatic carbocycles. The van der Waals surface area contributed by atoms with E-state index in [0.717, 1.165) is 22.4 Å². The summed E-state index contributed by atoms with van der Waals surface area (Å²) in [6, 6.07) is 11.4. The Bertz CT molecular complexity index is 1580. The van der Waals surface area contributed by atoms with Crippen LogP contribution < -0.4 is 43.8 Å².